The molecule has 2 heterocycles. The number of thiazole rings is 1. The number of pyridine rings is 1. The molecule has 0 radical (unpaired) electrons. The van der Waals surface area contributed by atoms with Crippen LogP contribution >= 0.6 is 11.3 Å². The van der Waals surface area contributed by atoms with E-state index in [9.17, 15) is 4.79 Å². The van der Waals surface area contributed by atoms with Crippen molar-refractivity contribution in [2.75, 3.05) is 5.43 Å². The Morgan fingerprint density at radius 3 is 2.79 bits per heavy atom. The summed E-state index contributed by atoms with van der Waals surface area (Å²) in [6, 6.07) is 1.73. The van der Waals surface area contributed by atoms with Crippen LogP contribution in [0.4, 0.5) is 5.69 Å². The summed E-state index contributed by atoms with van der Waals surface area (Å²) in [5.41, 5.74) is 4.29. The maximum absolute atomic E-state index is 12.1. The third kappa shape index (κ3) is 3.27. The molecule has 6 nitrogen and oxygen atoms in total. The lowest BCUT2D eigenvalue weighted by Crippen LogP contribution is -2.24. The van der Waals surface area contributed by atoms with E-state index in [4.69, 9.17) is 5.84 Å². The lowest BCUT2D eigenvalue weighted by atomic mass is 10.2. The fourth-order valence-corrected chi connectivity index (χ4v) is 2.34. The van der Waals surface area contributed by atoms with E-state index in [1.807, 2.05) is 13.8 Å². The molecule has 19 heavy (non-hydrogen) atoms. The molecule has 2 aromatic rings. The first-order valence-electron chi connectivity index (χ1n) is 5.73. The summed E-state index contributed by atoms with van der Waals surface area (Å²) >= 11 is 1.56. The van der Waals surface area contributed by atoms with Gasteiger partial charge in [-0.2, -0.15) is 0 Å². The standard InChI is InChI=1S/C12H15N5OS/c1-7-3-11(17-13)10(6-14-7)12(18)16-5-9-4-15-8(2)19-9/h3-4,6H,5,13H2,1-2H3,(H,14,17)(H,16,18). The van der Waals surface area contributed by atoms with Gasteiger partial charge < -0.3 is 10.7 Å². The van der Waals surface area contributed by atoms with E-state index in [0.717, 1.165) is 15.6 Å². The molecule has 0 saturated carbocycles. The molecule has 0 spiro atoms. The number of carbonyl (C=O) groups excluding carboxylic acids is 1. The van der Waals surface area contributed by atoms with E-state index in [2.05, 4.69) is 20.7 Å². The van der Waals surface area contributed by atoms with Crippen LogP contribution in [0.3, 0.4) is 0 Å². The predicted molar refractivity (Wildman–Crippen MR) is 74.8 cm³/mol. The number of anilines is 1. The topological polar surface area (TPSA) is 92.9 Å². The van der Waals surface area contributed by atoms with Crippen molar-refractivity contribution in [2.45, 2.75) is 20.4 Å². The highest BCUT2D eigenvalue weighted by atomic mass is 32.1. The molecule has 4 N–H and O–H groups in total. The molecule has 0 aliphatic carbocycles. The minimum atomic E-state index is -0.216. The fraction of sp³-hybridized carbons (Fsp3) is 0.250. The monoisotopic (exact) mass is 277 g/mol. The quantitative estimate of drug-likeness (QED) is 0.580. The second-order valence-corrected chi connectivity index (χ2v) is 5.36. The summed E-state index contributed by atoms with van der Waals surface area (Å²) in [4.78, 5) is 21.3. The molecule has 0 bridgehead atoms. The molecule has 100 valence electrons. The largest absolute Gasteiger partial charge is 0.347 e. The summed E-state index contributed by atoms with van der Waals surface area (Å²) < 4.78 is 0. The van der Waals surface area contributed by atoms with E-state index in [0.29, 0.717) is 17.8 Å². The number of aromatic nitrogens is 2. The zero-order chi connectivity index (χ0) is 13.8. The van der Waals surface area contributed by atoms with Gasteiger partial charge >= 0.3 is 0 Å². The van der Waals surface area contributed by atoms with Crippen molar-refractivity contribution in [2.24, 2.45) is 5.84 Å². The van der Waals surface area contributed by atoms with Gasteiger partial charge in [-0.3, -0.25) is 15.6 Å². The molecule has 0 aliphatic rings. The Bertz CT molecular complexity index is 596. The van der Waals surface area contributed by atoms with Gasteiger partial charge in [-0.25, -0.2) is 4.98 Å². The Labute approximate surface area is 115 Å². The van der Waals surface area contributed by atoms with Crippen molar-refractivity contribution in [3.8, 4) is 0 Å². The van der Waals surface area contributed by atoms with Gasteiger partial charge in [-0.15, -0.1) is 11.3 Å². The van der Waals surface area contributed by atoms with Crippen LogP contribution < -0.4 is 16.6 Å². The minimum absolute atomic E-state index is 0.216. The van der Waals surface area contributed by atoms with Gasteiger partial charge in [0.05, 0.1) is 22.8 Å². The zero-order valence-electron chi connectivity index (χ0n) is 10.7. The number of hydrazine groups is 1. The molecule has 2 rings (SSSR count). The van der Waals surface area contributed by atoms with Crippen LogP contribution in [0, 0.1) is 13.8 Å². The molecule has 2 aromatic heterocycles. The lowest BCUT2D eigenvalue weighted by molar-refractivity contribution is 0.0951. The number of amides is 1. The van der Waals surface area contributed by atoms with Crippen molar-refractivity contribution in [1.29, 1.82) is 0 Å². The number of nitrogens with two attached hydrogens (primary N) is 1. The van der Waals surface area contributed by atoms with Gasteiger partial charge in [-0.1, -0.05) is 0 Å². The minimum Gasteiger partial charge on any atom is -0.347 e. The number of nitrogens with zero attached hydrogens (tertiary/aromatic N) is 2. The SMILES string of the molecule is Cc1cc(NN)c(C(=O)NCc2cnc(C)s2)cn1. The zero-order valence-corrected chi connectivity index (χ0v) is 11.5. The molecule has 0 fully saturated rings. The third-order valence-electron chi connectivity index (χ3n) is 2.53. The molecular weight excluding hydrogens is 262 g/mol. The molecule has 0 saturated heterocycles. The summed E-state index contributed by atoms with van der Waals surface area (Å²) in [6.45, 7) is 4.21. The Kier molecular flexibility index (Phi) is 4.08. The number of carbonyl (C=O) groups is 1. The van der Waals surface area contributed by atoms with Crippen molar-refractivity contribution < 1.29 is 4.79 Å². The van der Waals surface area contributed by atoms with Crippen LogP contribution in [0.1, 0.15) is 25.9 Å². The average molecular weight is 277 g/mol. The van der Waals surface area contributed by atoms with Gasteiger partial charge in [0.25, 0.3) is 5.91 Å². The number of nitrogen functional groups attached to an aromatic ring is 1. The van der Waals surface area contributed by atoms with E-state index in [1.54, 1.807) is 23.6 Å². The third-order valence-corrected chi connectivity index (χ3v) is 3.45. The van der Waals surface area contributed by atoms with Crippen molar-refractivity contribution in [3.05, 3.63) is 39.6 Å². The Morgan fingerprint density at radius 2 is 2.16 bits per heavy atom. The number of rotatable bonds is 4. The van der Waals surface area contributed by atoms with Crippen molar-refractivity contribution >= 4 is 22.9 Å². The highest BCUT2D eigenvalue weighted by molar-refractivity contribution is 7.11. The van der Waals surface area contributed by atoms with E-state index >= 15 is 0 Å². The van der Waals surface area contributed by atoms with Crippen LogP contribution in [0.15, 0.2) is 18.5 Å². The predicted octanol–water partition coefficient (Wildman–Crippen LogP) is 1.37. The van der Waals surface area contributed by atoms with Crippen LogP contribution in [0.2, 0.25) is 0 Å². The summed E-state index contributed by atoms with van der Waals surface area (Å²) in [5, 5.41) is 3.80. The first-order valence-corrected chi connectivity index (χ1v) is 6.54. The maximum Gasteiger partial charge on any atom is 0.255 e. The second kappa shape index (κ2) is 5.77. The van der Waals surface area contributed by atoms with E-state index in [1.165, 1.54) is 6.20 Å². The fourth-order valence-electron chi connectivity index (χ4n) is 1.61. The Balaban J connectivity index is 2.07. The molecular formula is C12H15N5OS. The molecule has 0 unspecified atom stereocenters. The van der Waals surface area contributed by atoms with Crippen LogP contribution in [-0.2, 0) is 6.54 Å². The average Bonchev–Trinajstić information content (AvgIpc) is 2.81. The molecule has 0 aromatic carbocycles. The molecule has 0 aliphatic heterocycles. The van der Waals surface area contributed by atoms with E-state index < -0.39 is 0 Å². The number of aryl methyl sites for hydroxylation is 2. The van der Waals surface area contributed by atoms with Crippen LogP contribution in [-0.4, -0.2) is 15.9 Å². The van der Waals surface area contributed by atoms with E-state index in [-0.39, 0.29) is 5.91 Å². The molecule has 1 amide bonds. The smallest absolute Gasteiger partial charge is 0.255 e. The Hall–Kier alpha value is -1.99. The van der Waals surface area contributed by atoms with Crippen molar-refractivity contribution in [3.63, 3.8) is 0 Å². The highest BCUT2D eigenvalue weighted by Gasteiger charge is 2.12. The molecule has 0 atom stereocenters. The Morgan fingerprint density at radius 1 is 1.37 bits per heavy atom. The number of nitrogens with one attached hydrogen (secondary N) is 2. The second-order valence-electron chi connectivity index (χ2n) is 4.04. The van der Waals surface area contributed by atoms with Gasteiger partial charge in [0.15, 0.2) is 0 Å². The van der Waals surface area contributed by atoms with Crippen molar-refractivity contribution in [1.82, 2.24) is 15.3 Å². The summed E-state index contributed by atoms with van der Waals surface area (Å²) in [7, 11) is 0. The number of hydrogen-bond acceptors (Lipinski definition) is 6. The summed E-state index contributed by atoms with van der Waals surface area (Å²) in [5.74, 6) is 5.19. The first kappa shape index (κ1) is 13.4. The highest BCUT2D eigenvalue weighted by Crippen LogP contribution is 2.15. The maximum atomic E-state index is 12.1. The normalized spacial score (nSPS) is 10.3. The van der Waals surface area contributed by atoms with Gasteiger partial charge in [0.1, 0.15) is 0 Å². The van der Waals surface area contributed by atoms with Gasteiger partial charge in [0.2, 0.25) is 0 Å². The molecule has 7 heteroatoms. The van der Waals surface area contributed by atoms with Crippen LogP contribution in [0.5, 0.6) is 0 Å². The number of hydrogen-bond donors (Lipinski definition) is 3. The summed E-state index contributed by atoms with van der Waals surface area (Å²) in [6.07, 6.45) is 3.27. The first-order chi connectivity index (χ1) is 9.10. The van der Waals surface area contributed by atoms with Gasteiger partial charge in [-0.05, 0) is 19.9 Å². The lowest BCUT2D eigenvalue weighted by Gasteiger charge is -2.09. The van der Waals surface area contributed by atoms with Crippen LogP contribution in [0.25, 0.3) is 0 Å². The van der Waals surface area contributed by atoms with Gasteiger partial charge in [0, 0.05) is 23.0 Å².